The van der Waals surface area contributed by atoms with Crippen LogP contribution in [0.15, 0.2) is 46.9 Å². The number of aromatic nitrogens is 3. The third-order valence-corrected chi connectivity index (χ3v) is 5.13. The maximum atomic E-state index is 12.0. The number of allylic oxidation sites excluding steroid dienone is 2. The van der Waals surface area contributed by atoms with E-state index in [1.165, 1.54) is 6.20 Å². The van der Waals surface area contributed by atoms with Crippen LogP contribution in [0.3, 0.4) is 0 Å². The van der Waals surface area contributed by atoms with E-state index >= 15 is 0 Å². The van der Waals surface area contributed by atoms with Gasteiger partial charge in [-0.3, -0.25) is 34.5 Å². The molecule has 0 aliphatic heterocycles. The quantitative estimate of drug-likeness (QED) is 0.135. The fraction of sp³-hybridized carbons (Fsp3) is 0.417. The van der Waals surface area contributed by atoms with Crippen molar-refractivity contribution in [2.24, 2.45) is 0 Å². The molecule has 0 aliphatic carbocycles. The van der Waals surface area contributed by atoms with Crippen LogP contribution in [0.25, 0.3) is 0 Å². The molecule has 0 unspecified atom stereocenters. The molecule has 0 saturated carbocycles. The van der Waals surface area contributed by atoms with Gasteiger partial charge in [0.05, 0.1) is 0 Å². The van der Waals surface area contributed by atoms with Gasteiger partial charge in [-0.2, -0.15) is 0 Å². The first-order chi connectivity index (χ1) is 16.4. The Hall–Kier alpha value is -3.82. The van der Waals surface area contributed by atoms with Crippen molar-refractivity contribution in [3.8, 4) is 0 Å². The van der Waals surface area contributed by atoms with E-state index in [1.807, 2.05) is 6.92 Å². The molecule has 182 valence electrons. The Bertz CT molecular complexity index is 1050. The summed E-state index contributed by atoms with van der Waals surface area (Å²) >= 11 is 0. The van der Waals surface area contributed by atoms with Gasteiger partial charge in [0, 0.05) is 48.5 Å². The number of ketones is 1. The molecule has 2 aromatic rings. The van der Waals surface area contributed by atoms with Gasteiger partial charge in [0.15, 0.2) is 6.29 Å². The van der Waals surface area contributed by atoms with E-state index in [4.69, 9.17) is 0 Å². The van der Waals surface area contributed by atoms with E-state index in [1.54, 1.807) is 31.5 Å². The van der Waals surface area contributed by atoms with Crippen LogP contribution in [0.2, 0.25) is 0 Å². The highest BCUT2D eigenvalue weighted by molar-refractivity contribution is 6.33. The predicted octanol–water partition coefficient (Wildman–Crippen LogP) is 2.71. The van der Waals surface area contributed by atoms with Crippen LogP contribution in [0, 0.1) is 0 Å². The number of unbranched alkanes of at least 4 members (excludes halogenated alkanes) is 4. The lowest BCUT2D eigenvalue weighted by Gasteiger charge is -2.13. The molecular formula is C24H32N6O4. The SMILES string of the molecule is CCc1cnc(NC(=O)CCCCCCCN/C(C(=O)C=O)=C(/C)Nc2ccncc2)[nH]c1=O. The van der Waals surface area contributed by atoms with Crippen LogP contribution in [-0.2, 0) is 20.8 Å². The molecule has 0 radical (unpaired) electrons. The van der Waals surface area contributed by atoms with Gasteiger partial charge in [-0.15, -0.1) is 0 Å². The summed E-state index contributed by atoms with van der Waals surface area (Å²) in [5.41, 5.74) is 1.93. The number of nitrogens with one attached hydrogen (secondary N) is 4. The van der Waals surface area contributed by atoms with E-state index in [9.17, 15) is 19.2 Å². The number of hydrogen-bond donors (Lipinski definition) is 4. The normalized spacial score (nSPS) is 11.4. The first-order valence-electron chi connectivity index (χ1n) is 11.4. The molecule has 2 heterocycles. The number of carbonyl (C=O) groups excluding carboxylic acids is 3. The molecule has 2 rings (SSSR count). The van der Waals surface area contributed by atoms with E-state index < -0.39 is 5.78 Å². The van der Waals surface area contributed by atoms with Gasteiger partial charge in [0.2, 0.25) is 17.6 Å². The molecule has 0 bridgehead atoms. The predicted molar refractivity (Wildman–Crippen MR) is 130 cm³/mol. The summed E-state index contributed by atoms with van der Waals surface area (Å²) in [4.78, 5) is 57.3. The number of rotatable bonds is 15. The van der Waals surface area contributed by atoms with Crippen LogP contribution in [0.5, 0.6) is 0 Å². The molecule has 0 aromatic carbocycles. The minimum Gasteiger partial charge on any atom is -0.380 e. The highest BCUT2D eigenvalue weighted by Crippen LogP contribution is 2.11. The minimum absolute atomic E-state index is 0.167. The highest BCUT2D eigenvalue weighted by Gasteiger charge is 2.12. The third-order valence-electron chi connectivity index (χ3n) is 5.13. The van der Waals surface area contributed by atoms with Crippen LogP contribution < -0.4 is 21.5 Å². The molecule has 0 fully saturated rings. The molecule has 4 N–H and O–H groups in total. The van der Waals surface area contributed by atoms with E-state index in [-0.39, 0.29) is 23.1 Å². The average Bonchev–Trinajstić information content (AvgIpc) is 2.83. The number of anilines is 2. The number of Topliss-reactive ketones (excluding diaryl/α,β-unsaturated/α-hetero) is 1. The maximum absolute atomic E-state index is 12.0. The number of aromatic amines is 1. The van der Waals surface area contributed by atoms with E-state index in [0.717, 1.165) is 37.8 Å². The number of aldehydes is 1. The largest absolute Gasteiger partial charge is 0.380 e. The molecular weight excluding hydrogens is 436 g/mol. The number of aryl methyl sites for hydroxylation is 1. The Morgan fingerprint density at radius 1 is 1.06 bits per heavy atom. The summed E-state index contributed by atoms with van der Waals surface area (Å²) in [5.74, 6) is -0.626. The summed E-state index contributed by atoms with van der Waals surface area (Å²) in [6.07, 6.45) is 10.2. The van der Waals surface area contributed by atoms with Gasteiger partial charge in [-0.1, -0.05) is 26.2 Å². The van der Waals surface area contributed by atoms with Crippen LogP contribution in [-0.4, -0.2) is 39.5 Å². The first kappa shape index (κ1) is 26.4. The lowest BCUT2D eigenvalue weighted by Crippen LogP contribution is -2.25. The topological polar surface area (TPSA) is 146 Å². The van der Waals surface area contributed by atoms with Crippen molar-refractivity contribution in [2.45, 2.75) is 58.8 Å². The number of hydrogen-bond acceptors (Lipinski definition) is 8. The van der Waals surface area contributed by atoms with Crippen molar-refractivity contribution in [2.75, 3.05) is 17.2 Å². The smallest absolute Gasteiger partial charge is 0.255 e. The summed E-state index contributed by atoms with van der Waals surface area (Å²) in [6, 6.07) is 3.54. The Labute approximate surface area is 198 Å². The minimum atomic E-state index is -0.606. The number of pyridine rings is 1. The van der Waals surface area contributed by atoms with Gasteiger partial charge < -0.3 is 10.6 Å². The first-order valence-corrected chi connectivity index (χ1v) is 11.4. The maximum Gasteiger partial charge on any atom is 0.255 e. The van der Waals surface area contributed by atoms with E-state index in [2.05, 4.69) is 30.9 Å². The van der Waals surface area contributed by atoms with Gasteiger partial charge in [-0.25, -0.2) is 4.98 Å². The Balaban J connectivity index is 1.65. The van der Waals surface area contributed by atoms with Crippen molar-refractivity contribution in [3.63, 3.8) is 0 Å². The highest BCUT2D eigenvalue weighted by atomic mass is 16.2. The summed E-state index contributed by atoms with van der Waals surface area (Å²) in [7, 11) is 0. The summed E-state index contributed by atoms with van der Waals surface area (Å²) in [6.45, 7) is 4.15. The fourth-order valence-corrected chi connectivity index (χ4v) is 3.26. The molecule has 10 heteroatoms. The summed E-state index contributed by atoms with van der Waals surface area (Å²) < 4.78 is 0. The molecule has 2 aromatic heterocycles. The number of carbonyl (C=O) groups is 3. The summed E-state index contributed by atoms with van der Waals surface area (Å²) in [5, 5.41) is 8.77. The lowest BCUT2D eigenvalue weighted by atomic mass is 10.1. The van der Waals surface area contributed by atoms with Gasteiger partial charge >= 0.3 is 0 Å². The van der Waals surface area contributed by atoms with Crippen LogP contribution >= 0.6 is 0 Å². The molecule has 0 saturated heterocycles. The van der Waals surface area contributed by atoms with E-state index in [0.29, 0.717) is 36.9 Å². The monoisotopic (exact) mass is 468 g/mol. The number of amides is 1. The second-order valence-electron chi connectivity index (χ2n) is 7.78. The molecule has 0 spiro atoms. The molecule has 10 nitrogen and oxygen atoms in total. The van der Waals surface area contributed by atoms with Gasteiger partial charge in [-0.05, 0) is 38.3 Å². The third kappa shape index (κ3) is 8.97. The second kappa shape index (κ2) is 14.4. The molecule has 34 heavy (non-hydrogen) atoms. The Morgan fingerprint density at radius 3 is 2.44 bits per heavy atom. The Morgan fingerprint density at radius 2 is 1.76 bits per heavy atom. The van der Waals surface area contributed by atoms with Crippen molar-refractivity contribution >= 4 is 29.6 Å². The second-order valence-corrected chi connectivity index (χ2v) is 7.78. The fourth-order valence-electron chi connectivity index (χ4n) is 3.26. The van der Waals surface area contributed by atoms with Crippen molar-refractivity contribution in [1.82, 2.24) is 20.3 Å². The zero-order valence-corrected chi connectivity index (χ0v) is 19.6. The van der Waals surface area contributed by atoms with Crippen LogP contribution in [0.1, 0.15) is 57.9 Å². The van der Waals surface area contributed by atoms with Crippen molar-refractivity contribution in [3.05, 3.63) is 58.0 Å². The Kier molecular flexibility index (Phi) is 11.2. The lowest BCUT2D eigenvalue weighted by molar-refractivity contribution is -0.127. The van der Waals surface area contributed by atoms with Gasteiger partial charge in [0.1, 0.15) is 5.70 Å². The molecule has 0 aliphatic rings. The number of H-pyrrole nitrogens is 1. The van der Waals surface area contributed by atoms with Gasteiger partial charge in [0.25, 0.3) is 5.56 Å². The average molecular weight is 469 g/mol. The standard InChI is InChI=1S/C24H32N6O4/c1-3-18-15-27-24(30-23(18)34)29-21(33)9-7-5-4-6-8-12-26-22(20(32)16-31)17(2)28-19-10-13-25-14-11-19/h10-11,13-16,26H,3-9,12H2,1-2H3,(H,25,28)(H2,27,29,30,33,34)/b22-17-. The van der Waals surface area contributed by atoms with Crippen LogP contribution in [0.4, 0.5) is 11.6 Å². The molecule has 1 amide bonds. The zero-order valence-electron chi connectivity index (χ0n) is 19.6. The number of nitrogens with zero attached hydrogens (tertiary/aromatic N) is 2. The van der Waals surface area contributed by atoms with Crippen molar-refractivity contribution < 1.29 is 14.4 Å². The zero-order chi connectivity index (χ0) is 24.8. The van der Waals surface area contributed by atoms with Crippen molar-refractivity contribution in [1.29, 1.82) is 0 Å². The molecule has 0 atom stereocenters.